The van der Waals surface area contributed by atoms with Gasteiger partial charge in [0.2, 0.25) is 5.89 Å². The zero-order valence-electron chi connectivity index (χ0n) is 8.97. The van der Waals surface area contributed by atoms with E-state index in [1.807, 2.05) is 55.5 Å². The maximum Gasteiger partial charge on any atom is 0.227 e. The van der Waals surface area contributed by atoms with Crippen molar-refractivity contribution in [2.24, 2.45) is 0 Å². The minimum absolute atomic E-state index is 0.685. The van der Waals surface area contributed by atoms with E-state index in [2.05, 4.69) is 4.98 Å². The zero-order chi connectivity index (χ0) is 11.0. The molecule has 16 heavy (non-hydrogen) atoms. The third-order valence-electron chi connectivity index (χ3n) is 2.63. The monoisotopic (exact) mass is 209 g/mol. The molecular weight excluding hydrogens is 198 g/mol. The van der Waals surface area contributed by atoms with E-state index in [1.165, 1.54) is 0 Å². The largest absolute Gasteiger partial charge is 0.436 e. The van der Waals surface area contributed by atoms with Crippen LogP contribution in [0.1, 0.15) is 5.56 Å². The summed E-state index contributed by atoms with van der Waals surface area (Å²) in [5.41, 5.74) is 3.92. The molecule has 3 aromatic rings. The summed E-state index contributed by atoms with van der Waals surface area (Å²) >= 11 is 0. The highest BCUT2D eigenvalue weighted by atomic mass is 16.3. The van der Waals surface area contributed by atoms with E-state index >= 15 is 0 Å². The molecule has 1 aromatic heterocycles. The van der Waals surface area contributed by atoms with Crippen LogP contribution in [0.2, 0.25) is 0 Å². The van der Waals surface area contributed by atoms with Gasteiger partial charge in [-0.1, -0.05) is 30.3 Å². The van der Waals surface area contributed by atoms with Crippen LogP contribution in [-0.2, 0) is 0 Å². The Hall–Kier alpha value is -2.09. The van der Waals surface area contributed by atoms with Crippen molar-refractivity contribution in [2.75, 3.05) is 0 Å². The standard InChI is InChI=1S/C14H11NO/c1-10-6-5-9-12-13(10)16-14(15-12)11-7-3-2-4-8-11/h2-9H,1H3. The number of benzene rings is 2. The Kier molecular flexibility index (Phi) is 2.00. The lowest BCUT2D eigenvalue weighted by molar-refractivity contribution is 0.617. The van der Waals surface area contributed by atoms with E-state index < -0.39 is 0 Å². The van der Waals surface area contributed by atoms with Crippen molar-refractivity contribution in [2.45, 2.75) is 6.92 Å². The van der Waals surface area contributed by atoms with Crippen molar-refractivity contribution >= 4 is 11.1 Å². The molecule has 3 rings (SSSR count). The van der Waals surface area contributed by atoms with Crippen molar-refractivity contribution in [1.29, 1.82) is 0 Å². The Morgan fingerprint density at radius 2 is 1.75 bits per heavy atom. The Balaban J connectivity index is 2.23. The molecule has 2 aromatic carbocycles. The summed E-state index contributed by atoms with van der Waals surface area (Å²) in [6, 6.07) is 15.9. The van der Waals surface area contributed by atoms with E-state index in [0.717, 1.165) is 22.2 Å². The average molecular weight is 209 g/mol. The van der Waals surface area contributed by atoms with Crippen LogP contribution in [0.15, 0.2) is 52.9 Å². The van der Waals surface area contributed by atoms with Crippen LogP contribution < -0.4 is 0 Å². The average Bonchev–Trinajstić information content (AvgIpc) is 2.76. The first-order valence-corrected chi connectivity index (χ1v) is 5.26. The number of aromatic nitrogens is 1. The number of para-hydroxylation sites is 1. The normalized spacial score (nSPS) is 10.8. The van der Waals surface area contributed by atoms with E-state index in [9.17, 15) is 0 Å². The summed E-state index contributed by atoms with van der Waals surface area (Å²) in [5.74, 6) is 0.685. The number of nitrogens with zero attached hydrogens (tertiary/aromatic N) is 1. The molecule has 0 saturated carbocycles. The molecule has 0 fully saturated rings. The molecule has 0 unspecified atom stereocenters. The van der Waals surface area contributed by atoms with Gasteiger partial charge in [-0.15, -0.1) is 0 Å². The summed E-state index contributed by atoms with van der Waals surface area (Å²) < 4.78 is 5.77. The van der Waals surface area contributed by atoms with E-state index in [4.69, 9.17) is 4.42 Å². The number of rotatable bonds is 1. The second kappa shape index (κ2) is 3.49. The summed E-state index contributed by atoms with van der Waals surface area (Å²) in [6.45, 7) is 2.03. The first kappa shape index (κ1) is 9.16. The van der Waals surface area contributed by atoms with Crippen molar-refractivity contribution in [3.8, 4) is 11.5 Å². The molecule has 0 atom stereocenters. The molecule has 0 aliphatic carbocycles. The first-order valence-electron chi connectivity index (χ1n) is 5.26. The van der Waals surface area contributed by atoms with Gasteiger partial charge in [-0.25, -0.2) is 4.98 Å². The first-order chi connectivity index (χ1) is 7.84. The predicted molar refractivity (Wildman–Crippen MR) is 64.2 cm³/mol. The lowest BCUT2D eigenvalue weighted by Gasteiger charge is -1.92. The number of aryl methyl sites for hydroxylation is 1. The van der Waals surface area contributed by atoms with Crippen molar-refractivity contribution in [1.82, 2.24) is 4.98 Å². The molecule has 1 heterocycles. The molecule has 2 nitrogen and oxygen atoms in total. The van der Waals surface area contributed by atoms with Gasteiger partial charge in [0.1, 0.15) is 5.52 Å². The Labute approximate surface area is 93.5 Å². The molecule has 0 bridgehead atoms. The smallest absolute Gasteiger partial charge is 0.227 e. The highest BCUT2D eigenvalue weighted by Gasteiger charge is 2.08. The van der Waals surface area contributed by atoms with Crippen LogP contribution in [0, 0.1) is 6.92 Å². The van der Waals surface area contributed by atoms with Crippen LogP contribution in [-0.4, -0.2) is 4.98 Å². The molecule has 0 aliphatic heterocycles. The summed E-state index contributed by atoms with van der Waals surface area (Å²) in [5, 5.41) is 0. The third kappa shape index (κ3) is 1.39. The summed E-state index contributed by atoms with van der Waals surface area (Å²) in [4.78, 5) is 4.48. The maximum atomic E-state index is 5.77. The SMILES string of the molecule is Cc1cccc2nc(-c3ccccc3)oc12. The summed E-state index contributed by atoms with van der Waals surface area (Å²) in [6.07, 6.45) is 0. The van der Waals surface area contributed by atoms with Gasteiger partial charge in [0.05, 0.1) is 0 Å². The molecule has 0 aliphatic rings. The van der Waals surface area contributed by atoms with Crippen molar-refractivity contribution < 1.29 is 4.42 Å². The summed E-state index contributed by atoms with van der Waals surface area (Å²) in [7, 11) is 0. The molecular formula is C14H11NO. The van der Waals surface area contributed by atoms with Crippen LogP contribution in [0.25, 0.3) is 22.6 Å². The van der Waals surface area contributed by atoms with Crippen LogP contribution >= 0.6 is 0 Å². The second-order valence-electron chi connectivity index (χ2n) is 3.81. The van der Waals surface area contributed by atoms with Gasteiger partial charge < -0.3 is 4.42 Å². The number of oxazole rings is 1. The highest BCUT2D eigenvalue weighted by Crippen LogP contribution is 2.25. The Morgan fingerprint density at radius 3 is 2.50 bits per heavy atom. The quantitative estimate of drug-likeness (QED) is 0.609. The molecule has 0 radical (unpaired) electrons. The fourth-order valence-electron chi connectivity index (χ4n) is 1.79. The van der Waals surface area contributed by atoms with Gasteiger partial charge in [-0.3, -0.25) is 0 Å². The fourth-order valence-corrected chi connectivity index (χ4v) is 1.79. The van der Waals surface area contributed by atoms with Gasteiger partial charge in [0, 0.05) is 5.56 Å². The highest BCUT2D eigenvalue weighted by molar-refractivity contribution is 5.79. The minimum atomic E-state index is 0.685. The fraction of sp³-hybridized carbons (Fsp3) is 0.0714. The molecule has 2 heteroatoms. The molecule has 0 saturated heterocycles. The number of fused-ring (bicyclic) bond motifs is 1. The molecule has 0 amide bonds. The third-order valence-corrected chi connectivity index (χ3v) is 2.63. The van der Waals surface area contributed by atoms with Gasteiger partial charge in [-0.05, 0) is 30.7 Å². The lowest BCUT2D eigenvalue weighted by atomic mass is 10.2. The molecule has 0 N–H and O–H groups in total. The van der Waals surface area contributed by atoms with E-state index in [0.29, 0.717) is 5.89 Å². The Morgan fingerprint density at radius 1 is 0.938 bits per heavy atom. The predicted octanol–water partition coefficient (Wildman–Crippen LogP) is 3.80. The van der Waals surface area contributed by atoms with Crippen LogP contribution in [0.4, 0.5) is 0 Å². The van der Waals surface area contributed by atoms with E-state index in [-0.39, 0.29) is 0 Å². The van der Waals surface area contributed by atoms with Crippen molar-refractivity contribution in [3.63, 3.8) is 0 Å². The second-order valence-corrected chi connectivity index (χ2v) is 3.81. The topological polar surface area (TPSA) is 26.0 Å². The van der Waals surface area contributed by atoms with Crippen LogP contribution in [0.3, 0.4) is 0 Å². The van der Waals surface area contributed by atoms with Gasteiger partial charge >= 0.3 is 0 Å². The zero-order valence-corrected chi connectivity index (χ0v) is 8.97. The molecule has 0 spiro atoms. The van der Waals surface area contributed by atoms with E-state index in [1.54, 1.807) is 0 Å². The number of hydrogen-bond donors (Lipinski definition) is 0. The van der Waals surface area contributed by atoms with Gasteiger partial charge in [0.15, 0.2) is 5.58 Å². The number of hydrogen-bond acceptors (Lipinski definition) is 2. The Bertz CT molecular complexity index is 626. The minimum Gasteiger partial charge on any atom is -0.436 e. The van der Waals surface area contributed by atoms with Gasteiger partial charge in [-0.2, -0.15) is 0 Å². The maximum absolute atomic E-state index is 5.77. The lowest BCUT2D eigenvalue weighted by Crippen LogP contribution is -1.74. The molecule has 78 valence electrons. The van der Waals surface area contributed by atoms with Gasteiger partial charge in [0.25, 0.3) is 0 Å². The van der Waals surface area contributed by atoms with Crippen LogP contribution in [0.5, 0.6) is 0 Å². The van der Waals surface area contributed by atoms with Crippen molar-refractivity contribution in [3.05, 3.63) is 54.1 Å².